The highest BCUT2D eigenvalue weighted by molar-refractivity contribution is 7.83. The number of carboxylic acid groups (broad SMARTS) is 1. The number of aliphatic carboxylic acids is 1. The minimum atomic E-state index is -3.82. The van der Waals surface area contributed by atoms with E-state index in [9.17, 15) is 14.2 Å². The zero-order valence-corrected chi connectivity index (χ0v) is 16.7. The maximum atomic E-state index is 13.6. The van der Waals surface area contributed by atoms with Crippen LogP contribution in [0.5, 0.6) is 5.75 Å². The molecule has 27 heavy (non-hydrogen) atoms. The summed E-state index contributed by atoms with van der Waals surface area (Å²) in [5.74, 6) is -0.811. The lowest BCUT2D eigenvalue weighted by Crippen LogP contribution is -2.18. The molecule has 0 saturated carbocycles. The van der Waals surface area contributed by atoms with Gasteiger partial charge in [0.05, 0.1) is 6.61 Å². The first kappa shape index (κ1) is 20.9. The van der Waals surface area contributed by atoms with Crippen molar-refractivity contribution in [2.75, 3.05) is 13.2 Å². The van der Waals surface area contributed by atoms with Gasteiger partial charge in [-0.05, 0) is 51.0 Å². The quantitative estimate of drug-likeness (QED) is 0.689. The number of carboxylic acids is 1. The average molecular weight is 390 g/mol. The summed E-state index contributed by atoms with van der Waals surface area (Å²) >= 11 is 0. The summed E-state index contributed by atoms with van der Waals surface area (Å²) in [6.07, 6.45) is 0. The van der Waals surface area contributed by atoms with Gasteiger partial charge in [-0.1, -0.05) is 24.3 Å². The highest BCUT2D eigenvalue weighted by Crippen LogP contribution is 2.50. The molecule has 0 aliphatic heterocycles. The van der Waals surface area contributed by atoms with Gasteiger partial charge in [0.25, 0.3) is 5.52 Å². The van der Waals surface area contributed by atoms with Crippen molar-refractivity contribution in [1.82, 2.24) is 0 Å². The summed E-state index contributed by atoms with van der Waals surface area (Å²) in [6, 6.07) is 10.1. The first-order valence-electron chi connectivity index (χ1n) is 8.52. The molecule has 2 rings (SSSR count). The van der Waals surface area contributed by atoms with Crippen molar-refractivity contribution in [3.63, 3.8) is 0 Å². The van der Waals surface area contributed by atoms with Gasteiger partial charge in [-0.25, -0.2) is 4.79 Å². The van der Waals surface area contributed by atoms with Crippen LogP contribution in [0.25, 0.3) is 0 Å². The van der Waals surface area contributed by atoms with Crippen LogP contribution in [0, 0.1) is 20.8 Å². The van der Waals surface area contributed by atoms with Crippen LogP contribution in [0.3, 0.4) is 0 Å². The van der Waals surface area contributed by atoms with E-state index in [1.54, 1.807) is 64.1 Å². The van der Waals surface area contributed by atoms with Crippen molar-refractivity contribution < 1.29 is 28.5 Å². The fourth-order valence-electron chi connectivity index (χ4n) is 3.06. The first-order chi connectivity index (χ1) is 12.7. The molecule has 0 amide bonds. The molecule has 0 saturated heterocycles. The Balaban J connectivity index is 2.61. The standard InChI is InChI=1S/C20H23O6P/c1-5-26-27(24,16-9-7-6-8-10-16)20(23)18-13(2)11-14(3)19(15(18)4)25-12-17(21)22/h6-11H,5,12H2,1-4H3,(H,21,22). The van der Waals surface area contributed by atoms with Crippen LogP contribution in [0.2, 0.25) is 0 Å². The van der Waals surface area contributed by atoms with Crippen molar-refractivity contribution in [3.8, 4) is 5.75 Å². The average Bonchev–Trinajstić information content (AvgIpc) is 2.61. The number of carbonyl (C=O) groups is 2. The van der Waals surface area contributed by atoms with Crippen LogP contribution in [0.1, 0.15) is 34.0 Å². The molecule has 0 spiro atoms. The lowest BCUT2D eigenvalue weighted by Gasteiger charge is -2.21. The summed E-state index contributed by atoms with van der Waals surface area (Å²) in [5, 5.41) is 9.20. The third kappa shape index (κ3) is 4.29. The number of ether oxygens (including phenoxy) is 1. The predicted molar refractivity (Wildman–Crippen MR) is 103 cm³/mol. The van der Waals surface area contributed by atoms with Gasteiger partial charge >= 0.3 is 13.3 Å². The third-order valence-electron chi connectivity index (χ3n) is 4.13. The molecule has 0 fully saturated rings. The molecule has 0 aliphatic rings. The van der Waals surface area contributed by atoms with E-state index in [0.717, 1.165) is 0 Å². The molecule has 144 valence electrons. The minimum Gasteiger partial charge on any atom is -0.481 e. The molecule has 1 unspecified atom stereocenters. The zero-order valence-electron chi connectivity index (χ0n) is 15.8. The van der Waals surface area contributed by atoms with E-state index in [2.05, 4.69) is 0 Å². The molecule has 0 radical (unpaired) electrons. The number of benzene rings is 2. The van der Waals surface area contributed by atoms with Crippen LogP contribution in [-0.4, -0.2) is 29.8 Å². The molecular formula is C20H23O6P. The second kappa shape index (κ2) is 8.51. The molecular weight excluding hydrogens is 367 g/mol. The van der Waals surface area contributed by atoms with E-state index in [4.69, 9.17) is 14.4 Å². The second-order valence-corrected chi connectivity index (χ2v) is 8.42. The Hall–Kier alpha value is -2.43. The molecule has 0 aliphatic carbocycles. The van der Waals surface area contributed by atoms with Gasteiger partial charge in [0.2, 0.25) is 0 Å². The minimum absolute atomic E-state index is 0.115. The Bertz CT molecular complexity index is 904. The fourth-order valence-corrected chi connectivity index (χ4v) is 5.12. The van der Waals surface area contributed by atoms with E-state index >= 15 is 0 Å². The maximum absolute atomic E-state index is 13.6. The lowest BCUT2D eigenvalue weighted by atomic mass is 9.99. The molecule has 1 atom stereocenters. The maximum Gasteiger partial charge on any atom is 0.341 e. The van der Waals surface area contributed by atoms with Gasteiger partial charge in [-0.2, -0.15) is 0 Å². The van der Waals surface area contributed by atoms with Crippen molar-refractivity contribution in [3.05, 3.63) is 58.7 Å². The molecule has 0 heterocycles. The first-order valence-corrected chi connectivity index (χ1v) is 10.1. The van der Waals surface area contributed by atoms with Gasteiger partial charge in [-0.3, -0.25) is 9.36 Å². The SMILES string of the molecule is CCOP(=O)(C(=O)c1c(C)cc(C)c(OCC(=O)O)c1C)c1ccccc1. The van der Waals surface area contributed by atoms with E-state index in [1.165, 1.54) is 0 Å². The van der Waals surface area contributed by atoms with Gasteiger partial charge in [-0.15, -0.1) is 0 Å². The van der Waals surface area contributed by atoms with Gasteiger partial charge in [0, 0.05) is 16.4 Å². The topological polar surface area (TPSA) is 89.9 Å². The monoisotopic (exact) mass is 390 g/mol. The molecule has 6 nitrogen and oxygen atoms in total. The van der Waals surface area contributed by atoms with Crippen LogP contribution in [0.15, 0.2) is 36.4 Å². The van der Waals surface area contributed by atoms with E-state index in [1.807, 2.05) is 0 Å². The molecule has 2 aromatic rings. The second-order valence-electron chi connectivity index (χ2n) is 6.13. The van der Waals surface area contributed by atoms with E-state index in [-0.39, 0.29) is 12.2 Å². The Kier molecular flexibility index (Phi) is 6.58. The van der Waals surface area contributed by atoms with Crippen molar-refractivity contribution in [2.45, 2.75) is 27.7 Å². The Labute approximate surface area is 158 Å². The Morgan fingerprint density at radius 3 is 2.26 bits per heavy atom. The molecule has 0 aromatic heterocycles. The molecule has 2 aromatic carbocycles. The van der Waals surface area contributed by atoms with Crippen LogP contribution < -0.4 is 10.0 Å². The summed E-state index contributed by atoms with van der Waals surface area (Å²) in [6.45, 7) is 6.44. The Morgan fingerprint density at radius 2 is 1.70 bits per heavy atom. The fraction of sp³-hybridized carbons (Fsp3) is 0.300. The van der Waals surface area contributed by atoms with Crippen molar-refractivity contribution in [2.24, 2.45) is 0 Å². The number of carbonyl (C=O) groups excluding carboxylic acids is 1. The predicted octanol–water partition coefficient (Wildman–Crippen LogP) is 3.86. The normalized spacial score (nSPS) is 13.0. The van der Waals surface area contributed by atoms with Gasteiger partial charge in [0.1, 0.15) is 5.75 Å². The summed E-state index contributed by atoms with van der Waals surface area (Å²) in [4.78, 5) is 24.2. The van der Waals surface area contributed by atoms with Crippen molar-refractivity contribution >= 4 is 24.2 Å². The number of hydrogen-bond donors (Lipinski definition) is 1. The van der Waals surface area contributed by atoms with Gasteiger partial charge in [0.15, 0.2) is 6.61 Å². The van der Waals surface area contributed by atoms with Crippen LogP contribution >= 0.6 is 7.37 Å². The highest BCUT2D eigenvalue weighted by Gasteiger charge is 2.38. The van der Waals surface area contributed by atoms with Crippen molar-refractivity contribution in [1.29, 1.82) is 0 Å². The number of aryl methyl sites for hydroxylation is 2. The lowest BCUT2D eigenvalue weighted by molar-refractivity contribution is -0.139. The van der Waals surface area contributed by atoms with Gasteiger partial charge < -0.3 is 14.4 Å². The van der Waals surface area contributed by atoms with Crippen LogP contribution in [-0.2, 0) is 13.9 Å². The Morgan fingerprint density at radius 1 is 1.07 bits per heavy atom. The largest absolute Gasteiger partial charge is 0.481 e. The number of hydrogen-bond acceptors (Lipinski definition) is 5. The van der Waals surface area contributed by atoms with E-state index < -0.39 is 25.5 Å². The summed E-state index contributed by atoms with van der Waals surface area (Å²) in [5.41, 5.74) is 1.41. The highest BCUT2D eigenvalue weighted by atomic mass is 31.2. The molecule has 7 heteroatoms. The number of rotatable bonds is 8. The van der Waals surface area contributed by atoms with E-state index in [0.29, 0.717) is 27.7 Å². The molecule has 1 N–H and O–H groups in total. The van der Waals surface area contributed by atoms with Crippen LogP contribution in [0.4, 0.5) is 0 Å². The summed E-state index contributed by atoms with van der Waals surface area (Å²) in [7, 11) is -3.82. The zero-order chi connectivity index (χ0) is 20.2. The smallest absolute Gasteiger partial charge is 0.341 e. The third-order valence-corrected chi connectivity index (χ3v) is 6.49. The molecule has 0 bridgehead atoms. The summed E-state index contributed by atoms with van der Waals surface area (Å²) < 4.78 is 24.4.